The van der Waals surface area contributed by atoms with Gasteiger partial charge in [0.15, 0.2) is 0 Å². The van der Waals surface area contributed by atoms with E-state index in [1.165, 1.54) is 33.0 Å². The number of hydrogen-bond acceptors (Lipinski definition) is 2. The third-order valence-corrected chi connectivity index (χ3v) is 4.95. The van der Waals surface area contributed by atoms with E-state index in [2.05, 4.69) is 74.5 Å². The summed E-state index contributed by atoms with van der Waals surface area (Å²) >= 11 is 1.79. The average molecular weight is 413 g/mol. The van der Waals surface area contributed by atoms with Gasteiger partial charge in [-0.1, -0.05) is 0 Å². The summed E-state index contributed by atoms with van der Waals surface area (Å²) < 4.78 is 5.71. The molecule has 0 aliphatic heterocycles. The molecule has 0 amide bonds. The zero-order chi connectivity index (χ0) is 16.4. The van der Waals surface area contributed by atoms with Crippen molar-refractivity contribution in [2.75, 3.05) is 20.6 Å². The van der Waals surface area contributed by atoms with Crippen LogP contribution in [0.15, 0.2) is 54.1 Å². The molecule has 0 saturated carbocycles. The van der Waals surface area contributed by atoms with E-state index < -0.39 is 0 Å². The molecule has 0 aromatic heterocycles. The van der Waals surface area contributed by atoms with Gasteiger partial charge in [0.1, 0.15) is 0 Å². The molecule has 2 aromatic rings. The molecule has 1 aliphatic rings. The first-order valence-electron chi connectivity index (χ1n) is 7.99. The number of allylic oxidation sites excluding steroid dienone is 2. The number of likely N-dealkylation sites (N-methyl/N-ethyl adjacent to an activating group) is 1. The van der Waals surface area contributed by atoms with Gasteiger partial charge in [-0.2, -0.15) is 0 Å². The summed E-state index contributed by atoms with van der Waals surface area (Å²) in [4.78, 5) is 2.23. The van der Waals surface area contributed by atoms with Crippen molar-refractivity contribution in [3.05, 3.63) is 65.3 Å². The maximum Gasteiger partial charge on any atom is -0.147 e. The first kappa shape index (κ1) is 22.4. The molecule has 133 valence electrons. The van der Waals surface area contributed by atoms with Crippen LogP contribution in [-0.2, 0) is 24.1 Å². The van der Waals surface area contributed by atoms with Crippen molar-refractivity contribution < 1.29 is 24.1 Å². The molecule has 1 unspecified atom stereocenters. The number of fused-ring (bicyclic) bond motifs is 1. The van der Waals surface area contributed by atoms with Crippen LogP contribution in [0.2, 0.25) is 0 Å². The van der Waals surface area contributed by atoms with Gasteiger partial charge in [-0.25, -0.2) is 0 Å². The topological polar surface area (TPSA) is 12.5 Å². The van der Waals surface area contributed by atoms with Crippen LogP contribution >= 0.6 is 24.8 Å². The van der Waals surface area contributed by atoms with Crippen molar-refractivity contribution in [1.82, 2.24) is 4.90 Å². The molecule has 5 heteroatoms. The zero-order valence-corrected chi connectivity index (χ0v) is 18.0. The smallest absolute Gasteiger partial charge is 0.147 e. The Hall–Kier alpha value is -0.606. The van der Waals surface area contributed by atoms with E-state index in [1.54, 1.807) is 20.8 Å². The van der Waals surface area contributed by atoms with Gasteiger partial charge in [0.25, 0.3) is 0 Å². The Morgan fingerprint density at radius 3 is 2.52 bits per heavy atom. The zero-order valence-electron chi connectivity index (χ0n) is 14.8. The fourth-order valence-corrected chi connectivity index (χ4v) is 3.56. The van der Waals surface area contributed by atoms with E-state index in [1.807, 2.05) is 0 Å². The maximum absolute atomic E-state index is 5.71. The summed E-state index contributed by atoms with van der Waals surface area (Å²) in [5, 5.41) is 2.57. The van der Waals surface area contributed by atoms with E-state index in [-0.39, 0.29) is 30.9 Å². The van der Waals surface area contributed by atoms with Crippen molar-refractivity contribution in [3.63, 3.8) is 0 Å². The molecule has 0 fully saturated rings. The summed E-state index contributed by atoms with van der Waals surface area (Å²) in [5.74, 6) is 0. The molecule has 0 bridgehead atoms. The SMILES string of the molecule is CC([O][Ti])c1c(C2=C(CN(C)C)C=CC2)ccc2ccccc12.Cl.Cl. The Morgan fingerprint density at radius 2 is 1.84 bits per heavy atom. The minimum atomic E-state index is 0. The molecule has 2 aromatic carbocycles. The minimum Gasteiger partial charge on any atom is -0.147 e. The van der Waals surface area contributed by atoms with Gasteiger partial charge in [0.05, 0.1) is 0 Å². The summed E-state index contributed by atoms with van der Waals surface area (Å²) in [6.07, 6.45) is 5.62. The van der Waals surface area contributed by atoms with Gasteiger partial charge < -0.3 is 0 Å². The van der Waals surface area contributed by atoms with Crippen LogP contribution in [0.1, 0.15) is 30.6 Å². The Balaban J connectivity index is 0.00000156. The maximum atomic E-state index is 5.71. The van der Waals surface area contributed by atoms with Crippen molar-refractivity contribution in [2.45, 2.75) is 19.4 Å². The molecule has 0 spiro atoms. The molecule has 0 saturated heterocycles. The van der Waals surface area contributed by atoms with Crippen LogP contribution in [0.3, 0.4) is 0 Å². The van der Waals surface area contributed by atoms with Crippen LogP contribution in [0.5, 0.6) is 0 Å². The number of rotatable bonds is 5. The Bertz CT molecular complexity index is 786. The van der Waals surface area contributed by atoms with Crippen LogP contribution in [0.4, 0.5) is 0 Å². The number of halogens is 2. The van der Waals surface area contributed by atoms with Crippen LogP contribution < -0.4 is 0 Å². The molecule has 0 N–H and O–H groups in total. The van der Waals surface area contributed by atoms with Crippen molar-refractivity contribution in [3.8, 4) is 0 Å². The second-order valence-electron chi connectivity index (χ2n) is 6.36. The molecule has 0 heterocycles. The van der Waals surface area contributed by atoms with Gasteiger partial charge in [-0.3, -0.25) is 0 Å². The Labute approximate surface area is 175 Å². The first-order chi connectivity index (χ1) is 11.1. The van der Waals surface area contributed by atoms with Crippen molar-refractivity contribution >= 4 is 41.2 Å². The van der Waals surface area contributed by atoms with Crippen LogP contribution in [0.25, 0.3) is 16.3 Å². The molecular weight excluding hydrogens is 389 g/mol. The second-order valence-corrected chi connectivity index (χ2v) is 6.72. The quantitative estimate of drug-likeness (QED) is 0.601. The van der Waals surface area contributed by atoms with Gasteiger partial charge >= 0.3 is 151 Å². The minimum absolute atomic E-state index is 0. The van der Waals surface area contributed by atoms with Gasteiger partial charge in [0, 0.05) is 0 Å². The van der Waals surface area contributed by atoms with Crippen LogP contribution in [0, 0.1) is 0 Å². The summed E-state index contributed by atoms with van der Waals surface area (Å²) in [6.45, 7) is 3.11. The van der Waals surface area contributed by atoms with Gasteiger partial charge in [-0.05, 0) is 0 Å². The predicted octanol–water partition coefficient (Wildman–Crippen LogP) is 5.50. The third kappa shape index (κ3) is 4.77. The summed E-state index contributed by atoms with van der Waals surface area (Å²) in [7, 11) is 4.24. The number of nitrogens with zero attached hydrogens (tertiary/aromatic N) is 1. The van der Waals surface area contributed by atoms with E-state index >= 15 is 0 Å². The molecule has 3 rings (SSSR count). The molecule has 25 heavy (non-hydrogen) atoms. The van der Waals surface area contributed by atoms with E-state index in [4.69, 9.17) is 3.32 Å². The average Bonchev–Trinajstić information content (AvgIpc) is 3.00. The standard InChI is InChI=1S/C20H22NO.2ClH.Ti/c1-14(22)20-18-9-5-4-7-15(18)11-12-19(20)17-10-6-8-16(17)13-21(2)3;;;/h4-9,11-12,14H,10,13H2,1-3H3;2*1H;/q-1;;;+1. The molecule has 0 radical (unpaired) electrons. The third-order valence-electron chi connectivity index (χ3n) is 4.39. The Kier molecular flexibility index (Phi) is 8.90. The monoisotopic (exact) mass is 412 g/mol. The van der Waals surface area contributed by atoms with Crippen molar-refractivity contribution in [2.24, 2.45) is 0 Å². The summed E-state index contributed by atoms with van der Waals surface area (Å²) in [5.41, 5.74) is 5.48. The number of benzene rings is 2. The fourth-order valence-electron chi connectivity index (χ4n) is 3.38. The molecule has 1 atom stereocenters. The largest absolute Gasteiger partial charge is 0.147 e. The van der Waals surface area contributed by atoms with Gasteiger partial charge in [0.2, 0.25) is 0 Å². The fraction of sp³-hybridized carbons (Fsp3) is 0.300. The molecule has 2 nitrogen and oxygen atoms in total. The second kappa shape index (κ2) is 9.92. The van der Waals surface area contributed by atoms with E-state index in [9.17, 15) is 0 Å². The van der Waals surface area contributed by atoms with Crippen molar-refractivity contribution in [1.29, 1.82) is 0 Å². The Morgan fingerprint density at radius 1 is 1.12 bits per heavy atom. The van der Waals surface area contributed by atoms with Gasteiger partial charge in [-0.15, -0.1) is 24.8 Å². The molecular formula is C20H24Cl2NOTi. The first-order valence-corrected chi connectivity index (χ1v) is 8.63. The molecule has 1 aliphatic carbocycles. The van der Waals surface area contributed by atoms with Crippen LogP contribution in [-0.4, -0.2) is 25.5 Å². The van der Waals surface area contributed by atoms with E-state index in [0.29, 0.717) is 0 Å². The van der Waals surface area contributed by atoms with E-state index in [0.717, 1.165) is 13.0 Å². The summed E-state index contributed by atoms with van der Waals surface area (Å²) in [6, 6.07) is 13.1. The number of hydrogen-bond donors (Lipinski definition) is 0. The predicted molar refractivity (Wildman–Crippen MR) is 107 cm³/mol. The normalized spacial score (nSPS) is 14.5.